The van der Waals surface area contributed by atoms with E-state index < -0.39 is 11.7 Å². The van der Waals surface area contributed by atoms with Crippen LogP contribution < -0.4 is 10.6 Å². The van der Waals surface area contributed by atoms with E-state index in [1.54, 1.807) is 30.3 Å². The number of Topliss-reactive ketones (excluding diaryl/α,β-unsaturated/α-hetero) is 1. The predicted octanol–water partition coefficient (Wildman–Crippen LogP) is 8.07. The highest BCUT2D eigenvalue weighted by Gasteiger charge is 2.34. The van der Waals surface area contributed by atoms with E-state index in [9.17, 15) is 22.8 Å². The van der Waals surface area contributed by atoms with Crippen LogP contribution in [0.4, 0.5) is 24.5 Å². The van der Waals surface area contributed by atoms with Crippen molar-refractivity contribution in [1.82, 2.24) is 0 Å². The maximum Gasteiger partial charge on any atom is 0.417 e. The van der Waals surface area contributed by atoms with Gasteiger partial charge in [-0.25, -0.2) is 0 Å². The third kappa shape index (κ3) is 8.56. The molecule has 0 saturated carbocycles. The van der Waals surface area contributed by atoms with Gasteiger partial charge in [0.25, 0.3) is 0 Å². The molecule has 0 aliphatic heterocycles. The molecule has 0 radical (unpaired) electrons. The fraction of sp³-hybridized carbons (Fsp3) is 0.310. The van der Waals surface area contributed by atoms with Gasteiger partial charge in [0.05, 0.1) is 5.56 Å². The molecule has 0 unspecified atom stereocenters. The molecule has 0 saturated heterocycles. The average Bonchev–Trinajstić information content (AvgIpc) is 2.78. The molecule has 0 aromatic heterocycles. The van der Waals surface area contributed by atoms with Crippen molar-refractivity contribution in [3.63, 3.8) is 0 Å². The molecular weight excluding hydrogens is 465 g/mol. The molecule has 0 atom stereocenters. The van der Waals surface area contributed by atoms with Crippen molar-refractivity contribution in [1.29, 1.82) is 0 Å². The molecule has 1 amide bonds. The zero-order valence-corrected chi connectivity index (χ0v) is 21.5. The standard InChI is InChI=1S/C18H19F3N2O.C11H14O/c1-11(2)22-15-8-9-16(17(10-15)18(19,20)21)13-4-6-14(7-5-13)23-12(3)24;1-11(2,3)10(12)9-7-5-4-6-8-9/h4-11,22H,1-3H3,(H,23,24);4-8H,1-3H3. The second-order valence-corrected chi connectivity index (χ2v) is 9.76. The van der Waals surface area contributed by atoms with Crippen LogP contribution in [0.5, 0.6) is 0 Å². The number of hydrogen-bond acceptors (Lipinski definition) is 3. The van der Waals surface area contributed by atoms with Crippen molar-refractivity contribution >= 4 is 23.1 Å². The van der Waals surface area contributed by atoms with Crippen LogP contribution in [0.25, 0.3) is 11.1 Å². The van der Waals surface area contributed by atoms with E-state index in [0.717, 1.165) is 11.6 Å². The highest BCUT2D eigenvalue weighted by atomic mass is 19.4. The average molecular weight is 499 g/mol. The van der Waals surface area contributed by atoms with E-state index in [1.165, 1.54) is 13.0 Å². The lowest BCUT2D eigenvalue weighted by atomic mass is 9.87. The Morgan fingerprint density at radius 3 is 1.83 bits per heavy atom. The molecule has 4 nitrogen and oxygen atoms in total. The highest BCUT2D eigenvalue weighted by Crippen LogP contribution is 2.39. The van der Waals surface area contributed by atoms with E-state index >= 15 is 0 Å². The highest BCUT2D eigenvalue weighted by molar-refractivity contribution is 5.99. The monoisotopic (exact) mass is 498 g/mol. The van der Waals surface area contributed by atoms with Gasteiger partial charge in [-0.2, -0.15) is 13.2 Å². The molecule has 36 heavy (non-hydrogen) atoms. The first-order chi connectivity index (χ1) is 16.7. The number of hydrogen-bond donors (Lipinski definition) is 2. The van der Waals surface area contributed by atoms with Gasteiger partial charge in [0.1, 0.15) is 0 Å². The Hall–Kier alpha value is -3.61. The van der Waals surface area contributed by atoms with Gasteiger partial charge < -0.3 is 10.6 Å². The van der Waals surface area contributed by atoms with Gasteiger partial charge in [-0.05, 0) is 49.2 Å². The van der Waals surface area contributed by atoms with Crippen LogP contribution in [0.15, 0.2) is 72.8 Å². The van der Waals surface area contributed by atoms with Crippen LogP contribution in [0.3, 0.4) is 0 Å². The molecule has 7 heteroatoms. The van der Waals surface area contributed by atoms with Crippen LogP contribution in [0.1, 0.15) is 57.5 Å². The molecule has 0 fully saturated rings. The van der Waals surface area contributed by atoms with Crippen LogP contribution >= 0.6 is 0 Å². The van der Waals surface area contributed by atoms with Crippen LogP contribution in [-0.4, -0.2) is 17.7 Å². The van der Waals surface area contributed by atoms with Gasteiger partial charge in [0.15, 0.2) is 5.78 Å². The number of alkyl halides is 3. The summed E-state index contributed by atoms with van der Waals surface area (Å²) in [4.78, 5) is 22.7. The van der Waals surface area contributed by atoms with E-state index in [2.05, 4.69) is 10.6 Å². The molecule has 3 aromatic carbocycles. The van der Waals surface area contributed by atoms with Gasteiger partial charge in [0.2, 0.25) is 5.91 Å². The summed E-state index contributed by atoms with van der Waals surface area (Å²) < 4.78 is 40.3. The lowest BCUT2D eigenvalue weighted by Crippen LogP contribution is -2.19. The number of nitrogens with one attached hydrogen (secondary N) is 2. The summed E-state index contributed by atoms with van der Waals surface area (Å²) in [6.07, 6.45) is -4.46. The number of anilines is 2. The second kappa shape index (κ2) is 11.9. The summed E-state index contributed by atoms with van der Waals surface area (Å²) in [6, 6.07) is 19.9. The minimum Gasteiger partial charge on any atom is -0.383 e. The Morgan fingerprint density at radius 1 is 0.806 bits per heavy atom. The van der Waals surface area contributed by atoms with Crippen molar-refractivity contribution in [3.8, 4) is 11.1 Å². The number of carbonyl (C=O) groups is 2. The van der Waals surface area contributed by atoms with Crippen molar-refractivity contribution in [2.45, 2.75) is 53.8 Å². The van der Waals surface area contributed by atoms with Crippen molar-refractivity contribution < 1.29 is 22.8 Å². The summed E-state index contributed by atoms with van der Waals surface area (Å²) in [5, 5.41) is 5.57. The summed E-state index contributed by atoms with van der Waals surface area (Å²) in [6.45, 7) is 10.9. The third-order valence-electron chi connectivity index (χ3n) is 5.01. The number of halogens is 3. The summed E-state index contributed by atoms with van der Waals surface area (Å²) in [5.74, 6) is -0.0362. The molecule has 192 valence electrons. The Labute approximate surface area is 210 Å². The van der Waals surface area contributed by atoms with Gasteiger partial charge in [-0.15, -0.1) is 0 Å². The number of amides is 1. The van der Waals surface area contributed by atoms with Crippen LogP contribution in [-0.2, 0) is 11.0 Å². The van der Waals surface area contributed by atoms with Crippen LogP contribution in [0.2, 0.25) is 0 Å². The van der Waals surface area contributed by atoms with E-state index in [4.69, 9.17) is 0 Å². The normalized spacial score (nSPS) is 11.4. The molecule has 3 rings (SSSR count). The van der Waals surface area contributed by atoms with E-state index in [1.807, 2.05) is 65.0 Å². The topological polar surface area (TPSA) is 58.2 Å². The molecule has 0 heterocycles. The Kier molecular flexibility index (Phi) is 9.45. The number of rotatable bonds is 5. The maximum atomic E-state index is 13.4. The summed E-state index contributed by atoms with van der Waals surface area (Å²) in [5.41, 5.74) is 1.33. The predicted molar refractivity (Wildman–Crippen MR) is 140 cm³/mol. The SMILES string of the molecule is CC(=O)Nc1ccc(-c2ccc(NC(C)C)cc2C(F)(F)F)cc1.CC(C)(C)C(=O)c1ccccc1. The van der Waals surface area contributed by atoms with Crippen LogP contribution in [0, 0.1) is 5.41 Å². The smallest absolute Gasteiger partial charge is 0.383 e. The third-order valence-corrected chi connectivity index (χ3v) is 5.01. The minimum atomic E-state index is -4.46. The van der Waals surface area contributed by atoms with Crippen molar-refractivity contribution in [2.24, 2.45) is 5.41 Å². The minimum absolute atomic E-state index is 0.0360. The van der Waals surface area contributed by atoms with Gasteiger partial charge in [-0.1, -0.05) is 69.3 Å². The van der Waals surface area contributed by atoms with Crippen molar-refractivity contribution in [2.75, 3.05) is 10.6 Å². The fourth-order valence-corrected chi connectivity index (χ4v) is 3.41. The van der Waals surface area contributed by atoms with E-state index in [0.29, 0.717) is 16.9 Å². The fourth-order valence-electron chi connectivity index (χ4n) is 3.41. The number of benzene rings is 3. The lowest BCUT2D eigenvalue weighted by Gasteiger charge is -2.17. The molecule has 2 N–H and O–H groups in total. The molecule has 0 aliphatic rings. The summed E-state index contributed by atoms with van der Waals surface area (Å²) >= 11 is 0. The number of ketones is 1. The molecular formula is C29H33F3N2O2. The first-order valence-electron chi connectivity index (χ1n) is 11.6. The zero-order valence-electron chi connectivity index (χ0n) is 21.5. The van der Waals surface area contributed by atoms with E-state index in [-0.39, 0.29) is 28.7 Å². The molecule has 0 spiro atoms. The molecule has 0 aliphatic carbocycles. The van der Waals surface area contributed by atoms with Crippen molar-refractivity contribution in [3.05, 3.63) is 83.9 Å². The first-order valence-corrected chi connectivity index (χ1v) is 11.6. The second-order valence-electron chi connectivity index (χ2n) is 9.76. The Morgan fingerprint density at radius 2 is 1.36 bits per heavy atom. The van der Waals surface area contributed by atoms with Gasteiger partial charge in [-0.3, -0.25) is 9.59 Å². The zero-order chi connectivity index (χ0) is 27.1. The molecule has 3 aromatic rings. The first kappa shape index (κ1) is 28.6. The number of carbonyl (C=O) groups excluding carboxylic acids is 2. The summed E-state index contributed by atoms with van der Waals surface area (Å²) in [7, 11) is 0. The lowest BCUT2D eigenvalue weighted by molar-refractivity contribution is -0.137. The quantitative estimate of drug-likeness (QED) is 0.350. The Bertz CT molecular complexity index is 1160. The van der Waals surface area contributed by atoms with Gasteiger partial charge >= 0.3 is 6.18 Å². The molecule has 0 bridgehead atoms. The van der Waals surface area contributed by atoms with Gasteiger partial charge in [0, 0.05) is 35.3 Å². The maximum absolute atomic E-state index is 13.4. The Balaban J connectivity index is 0.000000319. The largest absolute Gasteiger partial charge is 0.417 e.